The molecule has 0 heterocycles. The van der Waals surface area contributed by atoms with Crippen molar-refractivity contribution in [1.82, 2.24) is 0 Å². The van der Waals surface area contributed by atoms with Gasteiger partial charge in [-0.3, -0.25) is 0 Å². The zero-order valence-electron chi connectivity index (χ0n) is 10.8. The molecule has 0 saturated carbocycles. The first kappa shape index (κ1) is 15.1. The lowest BCUT2D eigenvalue weighted by Gasteiger charge is -2.13. The lowest BCUT2D eigenvalue weighted by molar-refractivity contribution is 0.865. The van der Waals surface area contributed by atoms with Crippen molar-refractivity contribution < 1.29 is 0 Å². The Morgan fingerprint density at radius 3 is 1.95 bits per heavy atom. The highest BCUT2D eigenvalue weighted by Crippen LogP contribution is 2.34. The molecule has 0 aliphatic carbocycles. The molecule has 2 aromatic rings. The summed E-state index contributed by atoms with van der Waals surface area (Å²) >= 11 is 13.3. The molecule has 100 valence electrons. The van der Waals surface area contributed by atoms with Crippen LogP contribution in [0, 0.1) is 0 Å². The first-order valence-electron chi connectivity index (χ1n) is 6.18. The summed E-state index contributed by atoms with van der Waals surface area (Å²) in [7, 11) is 0. The molecule has 19 heavy (non-hydrogen) atoms. The van der Waals surface area contributed by atoms with Gasteiger partial charge in [0.2, 0.25) is 0 Å². The van der Waals surface area contributed by atoms with Gasteiger partial charge in [-0.2, -0.15) is 0 Å². The van der Waals surface area contributed by atoms with E-state index in [1.165, 1.54) is 11.1 Å². The Balaban J connectivity index is 2.27. The highest BCUT2D eigenvalue weighted by Gasteiger charge is 2.12. The van der Waals surface area contributed by atoms with Crippen LogP contribution in [-0.2, 0) is 0 Å². The molecular formula is C16H15Br2Cl. The van der Waals surface area contributed by atoms with Crippen LogP contribution in [0.15, 0.2) is 46.9 Å². The van der Waals surface area contributed by atoms with Gasteiger partial charge in [-0.15, -0.1) is 0 Å². The molecule has 0 aromatic heterocycles. The van der Waals surface area contributed by atoms with Crippen molar-refractivity contribution in [3.05, 3.63) is 68.7 Å². The van der Waals surface area contributed by atoms with E-state index in [0.29, 0.717) is 5.92 Å². The van der Waals surface area contributed by atoms with Crippen LogP contribution in [0.4, 0.5) is 0 Å². The summed E-state index contributed by atoms with van der Waals surface area (Å²) in [6.45, 7) is 4.41. The zero-order chi connectivity index (χ0) is 14.0. The van der Waals surface area contributed by atoms with Gasteiger partial charge >= 0.3 is 0 Å². The molecule has 0 radical (unpaired) electrons. The van der Waals surface area contributed by atoms with Gasteiger partial charge in [0.05, 0.1) is 9.85 Å². The van der Waals surface area contributed by atoms with Gasteiger partial charge in [-0.1, -0.05) is 71.7 Å². The monoisotopic (exact) mass is 400 g/mol. The highest BCUT2D eigenvalue weighted by atomic mass is 79.9. The van der Waals surface area contributed by atoms with Crippen molar-refractivity contribution in [2.24, 2.45) is 0 Å². The molecule has 0 nitrogen and oxygen atoms in total. The fraction of sp³-hybridized carbons (Fsp3) is 0.250. The smallest absolute Gasteiger partial charge is 0.0645 e. The Bertz CT molecular complexity index is 561. The second kappa shape index (κ2) is 6.43. The standard InChI is InChI=1S/C16H15Br2Cl/c1-10(2)11-3-5-12(6-4-11)16(18)13-7-8-14(17)15(19)9-13/h3-10,16H,1-2H3. The number of halogens is 3. The van der Waals surface area contributed by atoms with Crippen LogP contribution in [0.1, 0.15) is 41.3 Å². The lowest BCUT2D eigenvalue weighted by Crippen LogP contribution is -1.94. The molecule has 1 unspecified atom stereocenters. The third kappa shape index (κ3) is 3.62. The minimum atomic E-state index is 0.166. The molecule has 1 atom stereocenters. The summed E-state index contributed by atoms with van der Waals surface area (Å²) in [6, 6.07) is 14.8. The van der Waals surface area contributed by atoms with Crippen molar-refractivity contribution in [3.8, 4) is 0 Å². The van der Waals surface area contributed by atoms with Gasteiger partial charge in [0.25, 0.3) is 0 Å². The van der Waals surface area contributed by atoms with Gasteiger partial charge in [0.1, 0.15) is 0 Å². The Hall–Kier alpha value is -0.310. The Morgan fingerprint density at radius 2 is 1.42 bits per heavy atom. The fourth-order valence-electron chi connectivity index (χ4n) is 1.91. The molecule has 0 saturated heterocycles. The van der Waals surface area contributed by atoms with Gasteiger partial charge < -0.3 is 0 Å². The van der Waals surface area contributed by atoms with Crippen molar-refractivity contribution in [3.63, 3.8) is 0 Å². The normalized spacial score (nSPS) is 12.7. The second-order valence-corrected chi connectivity index (χ2v) is 7.03. The van der Waals surface area contributed by atoms with E-state index in [-0.39, 0.29) is 4.83 Å². The first-order chi connectivity index (χ1) is 8.99. The highest BCUT2D eigenvalue weighted by molar-refractivity contribution is 9.10. The fourth-order valence-corrected chi connectivity index (χ4v) is 2.94. The molecule has 0 spiro atoms. The zero-order valence-corrected chi connectivity index (χ0v) is 14.8. The largest absolute Gasteiger partial charge is 0.0831 e. The number of hydrogen-bond acceptors (Lipinski definition) is 0. The third-order valence-corrected chi connectivity index (χ3v) is 5.42. The molecule has 0 N–H and O–H groups in total. The van der Waals surface area contributed by atoms with Crippen LogP contribution < -0.4 is 0 Å². The average Bonchev–Trinajstić information content (AvgIpc) is 2.41. The maximum absolute atomic E-state index is 6.14. The van der Waals surface area contributed by atoms with Crippen molar-refractivity contribution in [2.45, 2.75) is 24.6 Å². The topological polar surface area (TPSA) is 0 Å². The molecule has 0 aliphatic rings. The van der Waals surface area contributed by atoms with Crippen molar-refractivity contribution in [2.75, 3.05) is 0 Å². The predicted molar refractivity (Wildman–Crippen MR) is 90.5 cm³/mol. The van der Waals surface area contributed by atoms with Crippen LogP contribution in [-0.4, -0.2) is 0 Å². The SMILES string of the molecule is CC(C)c1ccc(C(Br)c2ccc(Br)c(Cl)c2)cc1. The molecule has 0 aliphatic heterocycles. The van der Waals surface area contributed by atoms with Crippen LogP contribution >= 0.6 is 43.5 Å². The third-order valence-electron chi connectivity index (χ3n) is 3.13. The minimum Gasteiger partial charge on any atom is -0.0831 e. The van der Waals surface area contributed by atoms with E-state index in [0.717, 1.165) is 15.1 Å². The molecule has 0 fully saturated rings. The Kier molecular flexibility index (Phi) is 5.10. The van der Waals surface area contributed by atoms with Gasteiger partial charge in [0, 0.05) is 4.47 Å². The van der Waals surface area contributed by atoms with Crippen LogP contribution in [0.2, 0.25) is 5.02 Å². The molecule has 0 amide bonds. The Labute approximate surface area is 136 Å². The van der Waals surface area contributed by atoms with Crippen LogP contribution in [0.25, 0.3) is 0 Å². The number of rotatable bonds is 3. The minimum absolute atomic E-state index is 0.166. The summed E-state index contributed by atoms with van der Waals surface area (Å²) in [5.41, 5.74) is 3.76. The van der Waals surface area contributed by atoms with E-state index in [1.807, 2.05) is 12.1 Å². The van der Waals surface area contributed by atoms with Crippen molar-refractivity contribution in [1.29, 1.82) is 0 Å². The second-order valence-electron chi connectivity index (χ2n) is 4.86. The van der Waals surface area contributed by atoms with Crippen molar-refractivity contribution >= 4 is 43.5 Å². The Morgan fingerprint density at radius 1 is 0.895 bits per heavy atom. The molecule has 2 aromatic carbocycles. The van der Waals surface area contributed by atoms with Crippen LogP contribution in [0.5, 0.6) is 0 Å². The summed E-state index contributed by atoms with van der Waals surface area (Å²) in [5.74, 6) is 0.560. The summed E-state index contributed by atoms with van der Waals surface area (Å²) in [6.07, 6.45) is 0. The number of benzene rings is 2. The van der Waals surface area contributed by atoms with E-state index < -0.39 is 0 Å². The molecular weight excluding hydrogens is 387 g/mol. The maximum atomic E-state index is 6.14. The lowest BCUT2D eigenvalue weighted by atomic mass is 9.99. The number of alkyl halides is 1. The summed E-state index contributed by atoms with van der Waals surface area (Å²) < 4.78 is 0.924. The molecule has 3 heteroatoms. The van der Waals surface area contributed by atoms with Gasteiger partial charge in [-0.05, 0) is 50.7 Å². The quantitative estimate of drug-likeness (QED) is 0.501. The maximum Gasteiger partial charge on any atom is 0.0645 e. The molecule has 0 bridgehead atoms. The van der Waals surface area contributed by atoms with E-state index >= 15 is 0 Å². The summed E-state index contributed by atoms with van der Waals surface area (Å²) in [5, 5.41) is 0.737. The summed E-state index contributed by atoms with van der Waals surface area (Å²) in [4.78, 5) is 0.166. The van der Waals surface area contributed by atoms with E-state index in [4.69, 9.17) is 11.6 Å². The van der Waals surface area contributed by atoms with Gasteiger partial charge in [0.15, 0.2) is 0 Å². The average molecular weight is 403 g/mol. The van der Waals surface area contributed by atoms with E-state index in [2.05, 4.69) is 76.0 Å². The van der Waals surface area contributed by atoms with E-state index in [1.54, 1.807) is 0 Å². The first-order valence-corrected chi connectivity index (χ1v) is 8.26. The van der Waals surface area contributed by atoms with Crippen LogP contribution in [0.3, 0.4) is 0 Å². The number of hydrogen-bond donors (Lipinski definition) is 0. The van der Waals surface area contributed by atoms with E-state index in [9.17, 15) is 0 Å². The van der Waals surface area contributed by atoms with Gasteiger partial charge in [-0.25, -0.2) is 0 Å². The molecule has 2 rings (SSSR count). The predicted octanol–water partition coefficient (Wildman–Crippen LogP) is 6.71.